The van der Waals surface area contributed by atoms with Crippen molar-refractivity contribution in [1.29, 1.82) is 0 Å². The Morgan fingerprint density at radius 2 is 2.18 bits per heavy atom. The lowest BCUT2D eigenvalue weighted by atomic mass is 9.89. The minimum absolute atomic E-state index is 0.252. The van der Waals surface area contributed by atoms with Gasteiger partial charge >= 0.3 is 0 Å². The number of benzene rings is 1. The van der Waals surface area contributed by atoms with Gasteiger partial charge in [-0.2, -0.15) is 0 Å². The molecule has 0 bridgehead atoms. The van der Waals surface area contributed by atoms with Gasteiger partial charge in [0.15, 0.2) is 5.78 Å². The van der Waals surface area contributed by atoms with Gasteiger partial charge in [0.1, 0.15) is 0 Å². The van der Waals surface area contributed by atoms with Gasteiger partial charge in [-0.3, -0.25) is 4.79 Å². The molecule has 0 aliphatic heterocycles. The van der Waals surface area contributed by atoms with E-state index in [4.69, 9.17) is 0 Å². The van der Waals surface area contributed by atoms with Crippen LogP contribution in [0.4, 0.5) is 0 Å². The summed E-state index contributed by atoms with van der Waals surface area (Å²) in [7, 11) is 0. The zero-order chi connectivity index (χ0) is 11.8. The van der Waals surface area contributed by atoms with E-state index < -0.39 is 0 Å². The number of Topliss-reactive ketones (excluding diaryl/α,β-unsaturated/α-hetero) is 1. The highest BCUT2D eigenvalue weighted by Crippen LogP contribution is 2.36. The Bertz CT molecular complexity index is 555. The number of carbonyl (C=O) groups is 1. The van der Waals surface area contributed by atoms with Crippen LogP contribution in [0.25, 0.3) is 10.1 Å². The summed E-state index contributed by atoms with van der Waals surface area (Å²) in [6.07, 6.45) is 3.48. The molecule has 0 N–H and O–H groups in total. The van der Waals surface area contributed by atoms with E-state index in [-0.39, 0.29) is 5.92 Å². The molecule has 2 unspecified atom stereocenters. The van der Waals surface area contributed by atoms with Crippen LogP contribution in [0.15, 0.2) is 29.6 Å². The second-order valence-corrected chi connectivity index (χ2v) is 5.94. The topological polar surface area (TPSA) is 17.1 Å². The summed E-state index contributed by atoms with van der Waals surface area (Å²) >= 11 is 1.68. The average Bonchev–Trinajstić information content (AvgIpc) is 2.95. The van der Waals surface area contributed by atoms with Crippen LogP contribution >= 0.6 is 11.3 Å². The molecule has 2 heteroatoms. The summed E-state index contributed by atoms with van der Waals surface area (Å²) in [4.78, 5) is 12.6. The first-order chi connectivity index (χ1) is 8.27. The summed E-state index contributed by atoms with van der Waals surface area (Å²) in [5.74, 6) is 1.17. The highest BCUT2D eigenvalue weighted by Gasteiger charge is 2.31. The Hall–Kier alpha value is -1.15. The van der Waals surface area contributed by atoms with Crippen molar-refractivity contribution in [3.05, 3.63) is 35.2 Å². The van der Waals surface area contributed by atoms with Gasteiger partial charge in [-0.1, -0.05) is 25.5 Å². The first-order valence-corrected chi connectivity index (χ1v) is 7.16. The lowest BCUT2D eigenvalue weighted by Crippen LogP contribution is -2.17. The SMILES string of the molecule is CC1CCCC1C(=O)c1cccc2ccsc12. The summed E-state index contributed by atoms with van der Waals surface area (Å²) < 4.78 is 1.16. The van der Waals surface area contributed by atoms with Crippen molar-refractivity contribution in [3.8, 4) is 0 Å². The van der Waals surface area contributed by atoms with Gasteiger partial charge in [-0.05, 0) is 41.7 Å². The quantitative estimate of drug-likeness (QED) is 0.710. The van der Waals surface area contributed by atoms with E-state index in [2.05, 4.69) is 24.4 Å². The minimum atomic E-state index is 0.252. The first kappa shape index (κ1) is 11.0. The maximum atomic E-state index is 12.6. The molecule has 1 heterocycles. The van der Waals surface area contributed by atoms with Crippen molar-refractivity contribution >= 4 is 27.2 Å². The molecule has 1 aliphatic carbocycles. The fourth-order valence-corrected chi connectivity index (χ4v) is 3.84. The molecule has 1 fully saturated rings. The smallest absolute Gasteiger partial charge is 0.167 e. The molecule has 1 aromatic carbocycles. The minimum Gasteiger partial charge on any atom is -0.294 e. The van der Waals surface area contributed by atoms with Gasteiger partial charge in [0, 0.05) is 16.2 Å². The van der Waals surface area contributed by atoms with Crippen LogP contribution in [-0.4, -0.2) is 5.78 Å². The Morgan fingerprint density at radius 3 is 2.94 bits per heavy atom. The molecule has 1 aromatic heterocycles. The molecule has 0 saturated heterocycles. The summed E-state index contributed by atoms with van der Waals surface area (Å²) in [5.41, 5.74) is 0.941. The third-order valence-electron chi connectivity index (χ3n) is 3.94. The summed E-state index contributed by atoms with van der Waals surface area (Å²) in [5, 5.41) is 3.27. The maximum Gasteiger partial charge on any atom is 0.167 e. The van der Waals surface area contributed by atoms with Crippen molar-refractivity contribution < 1.29 is 4.79 Å². The molecule has 88 valence electrons. The predicted molar refractivity (Wildman–Crippen MR) is 72.7 cm³/mol. The molecule has 1 aliphatic rings. The van der Waals surface area contributed by atoms with Crippen molar-refractivity contribution in [2.75, 3.05) is 0 Å². The first-order valence-electron chi connectivity index (χ1n) is 6.28. The van der Waals surface area contributed by atoms with Gasteiger partial charge in [-0.15, -0.1) is 11.3 Å². The van der Waals surface area contributed by atoms with Crippen LogP contribution in [0.5, 0.6) is 0 Å². The van der Waals surface area contributed by atoms with E-state index in [9.17, 15) is 4.79 Å². The molecule has 0 spiro atoms. The van der Waals surface area contributed by atoms with Crippen molar-refractivity contribution in [3.63, 3.8) is 0 Å². The fourth-order valence-electron chi connectivity index (χ4n) is 2.92. The number of rotatable bonds is 2. The molecular formula is C15H16OS. The second kappa shape index (κ2) is 4.26. The highest BCUT2D eigenvalue weighted by atomic mass is 32.1. The third-order valence-corrected chi connectivity index (χ3v) is 4.91. The van der Waals surface area contributed by atoms with E-state index in [0.717, 1.165) is 16.7 Å². The Labute approximate surface area is 105 Å². The van der Waals surface area contributed by atoms with Crippen LogP contribution in [0.1, 0.15) is 36.5 Å². The van der Waals surface area contributed by atoms with Crippen LogP contribution in [-0.2, 0) is 0 Å². The van der Waals surface area contributed by atoms with Gasteiger partial charge in [-0.25, -0.2) is 0 Å². The Morgan fingerprint density at radius 1 is 1.29 bits per heavy atom. The van der Waals surface area contributed by atoms with Crippen LogP contribution in [0.2, 0.25) is 0 Å². The largest absolute Gasteiger partial charge is 0.294 e. The second-order valence-electron chi connectivity index (χ2n) is 5.02. The number of hydrogen-bond acceptors (Lipinski definition) is 2. The van der Waals surface area contributed by atoms with Crippen molar-refractivity contribution in [2.24, 2.45) is 11.8 Å². The Balaban J connectivity index is 2.03. The Kier molecular flexibility index (Phi) is 2.75. The van der Waals surface area contributed by atoms with E-state index in [0.29, 0.717) is 11.7 Å². The standard InChI is InChI=1S/C15H16OS/c1-10-4-2-6-12(10)14(16)13-7-3-5-11-8-9-17-15(11)13/h3,5,7-10,12H,2,4,6H2,1H3. The van der Waals surface area contributed by atoms with Gasteiger partial charge in [0.25, 0.3) is 0 Å². The molecule has 3 rings (SSSR count). The highest BCUT2D eigenvalue weighted by molar-refractivity contribution is 7.17. The lowest BCUT2D eigenvalue weighted by molar-refractivity contribution is 0.0899. The molecule has 17 heavy (non-hydrogen) atoms. The monoisotopic (exact) mass is 244 g/mol. The zero-order valence-corrected chi connectivity index (χ0v) is 10.8. The van der Waals surface area contributed by atoms with Crippen LogP contribution in [0.3, 0.4) is 0 Å². The normalized spacial score (nSPS) is 24.3. The van der Waals surface area contributed by atoms with Crippen molar-refractivity contribution in [2.45, 2.75) is 26.2 Å². The van der Waals surface area contributed by atoms with Crippen molar-refractivity contribution in [1.82, 2.24) is 0 Å². The maximum absolute atomic E-state index is 12.6. The molecule has 2 aromatic rings. The van der Waals surface area contributed by atoms with E-state index in [1.807, 2.05) is 12.1 Å². The third kappa shape index (κ3) is 1.81. The molecule has 1 saturated carbocycles. The van der Waals surface area contributed by atoms with Gasteiger partial charge < -0.3 is 0 Å². The summed E-state index contributed by atoms with van der Waals surface area (Å²) in [6, 6.07) is 8.17. The number of fused-ring (bicyclic) bond motifs is 1. The molecule has 0 amide bonds. The zero-order valence-electron chi connectivity index (χ0n) is 9.98. The number of ketones is 1. The predicted octanol–water partition coefficient (Wildman–Crippen LogP) is 4.52. The van der Waals surface area contributed by atoms with Crippen LogP contribution < -0.4 is 0 Å². The van der Waals surface area contributed by atoms with Gasteiger partial charge in [0.2, 0.25) is 0 Å². The average molecular weight is 244 g/mol. The van der Waals surface area contributed by atoms with E-state index >= 15 is 0 Å². The molecule has 0 radical (unpaired) electrons. The molecular weight excluding hydrogens is 228 g/mol. The number of carbonyl (C=O) groups excluding carboxylic acids is 1. The van der Waals surface area contributed by atoms with E-state index in [1.165, 1.54) is 18.2 Å². The number of hydrogen-bond donors (Lipinski definition) is 0. The molecule has 2 atom stereocenters. The fraction of sp³-hybridized carbons (Fsp3) is 0.400. The lowest BCUT2D eigenvalue weighted by Gasteiger charge is -2.14. The van der Waals surface area contributed by atoms with Gasteiger partial charge in [0.05, 0.1) is 0 Å². The number of thiophene rings is 1. The summed E-state index contributed by atoms with van der Waals surface area (Å²) in [6.45, 7) is 2.21. The molecule has 1 nitrogen and oxygen atoms in total. The van der Waals surface area contributed by atoms with Crippen LogP contribution in [0, 0.1) is 11.8 Å². The van der Waals surface area contributed by atoms with E-state index in [1.54, 1.807) is 11.3 Å².